The second kappa shape index (κ2) is 13.7. The van der Waals surface area contributed by atoms with Gasteiger partial charge in [0.2, 0.25) is 5.91 Å². The second-order valence-corrected chi connectivity index (χ2v) is 12.6. The summed E-state index contributed by atoms with van der Waals surface area (Å²) in [4.78, 5) is 33.3. The zero-order chi connectivity index (χ0) is 29.7. The molecule has 2 atom stereocenters. The van der Waals surface area contributed by atoms with Crippen molar-refractivity contribution in [2.45, 2.75) is 56.5 Å². The van der Waals surface area contributed by atoms with E-state index >= 15 is 0 Å². The molecule has 42 heavy (non-hydrogen) atoms. The first-order valence-electron chi connectivity index (χ1n) is 15.1. The number of carbonyl (C=O) groups excluding carboxylic acids is 2. The molecule has 0 aromatic heterocycles. The minimum Gasteiger partial charge on any atom is -0.336 e. The van der Waals surface area contributed by atoms with Crippen LogP contribution in [0.15, 0.2) is 78.9 Å². The van der Waals surface area contributed by atoms with Gasteiger partial charge in [0.1, 0.15) is 0 Å². The molecule has 7 heteroatoms. The molecule has 0 N–H and O–H groups in total. The summed E-state index contributed by atoms with van der Waals surface area (Å²) in [6.07, 6.45) is 4.77. The molecule has 2 aliphatic rings. The Balaban J connectivity index is 1.27. The van der Waals surface area contributed by atoms with Crippen LogP contribution in [-0.2, 0) is 10.3 Å². The molecule has 0 aliphatic carbocycles. The Hall–Kier alpha value is -2.70. The van der Waals surface area contributed by atoms with E-state index in [4.69, 9.17) is 23.2 Å². The van der Waals surface area contributed by atoms with Crippen molar-refractivity contribution in [3.05, 3.63) is 106 Å². The maximum absolute atomic E-state index is 14.0. The normalized spacial score (nSPS) is 21.1. The molecule has 1 amide bonds. The zero-order valence-corrected chi connectivity index (χ0v) is 26.2. The topological polar surface area (TPSA) is 43.9 Å². The monoisotopic (exact) mass is 605 g/mol. The Morgan fingerprint density at radius 1 is 0.881 bits per heavy atom. The summed E-state index contributed by atoms with van der Waals surface area (Å²) in [6, 6.07) is 25.7. The number of piperidine rings is 2. The van der Waals surface area contributed by atoms with Gasteiger partial charge in [0.05, 0.1) is 21.6 Å². The van der Waals surface area contributed by atoms with Crippen LogP contribution in [-0.4, -0.2) is 72.2 Å². The number of hydrogen-bond donors (Lipinski definition) is 0. The van der Waals surface area contributed by atoms with Crippen molar-refractivity contribution in [2.24, 2.45) is 0 Å². The number of ketones is 1. The van der Waals surface area contributed by atoms with E-state index in [0.717, 1.165) is 76.0 Å². The van der Waals surface area contributed by atoms with Crippen LogP contribution in [0, 0.1) is 0 Å². The van der Waals surface area contributed by atoms with Crippen LogP contribution in [0.25, 0.3) is 0 Å². The van der Waals surface area contributed by atoms with Crippen molar-refractivity contribution >= 4 is 34.9 Å². The molecule has 0 bridgehead atoms. The highest BCUT2D eigenvalue weighted by atomic mass is 35.5. The number of amides is 1. The molecule has 5 rings (SSSR count). The van der Waals surface area contributed by atoms with Gasteiger partial charge in [-0.1, -0.05) is 89.9 Å². The fourth-order valence-electron chi connectivity index (χ4n) is 7.04. The number of hydrogen-bond acceptors (Lipinski definition) is 4. The summed E-state index contributed by atoms with van der Waals surface area (Å²) < 4.78 is 0. The van der Waals surface area contributed by atoms with Gasteiger partial charge < -0.3 is 9.80 Å². The third kappa shape index (κ3) is 6.60. The minimum atomic E-state index is -0.267. The van der Waals surface area contributed by atoms with Gasteiger partial charge in [0.15, 0.2) is 5.78 Å². The summed E-state index contributed by atoms with van der Waals surface area (Å²) in [6.45, 7) is 6.26. The van der Waals surface area contributed by atoms with Crippen molar-refractivity contribution in [1.82, 2.24) is 14.7 Å². The van der Waals surface area contributed by atoms with Crippen LogP contribution >= 0.6 is 23.2 Å². The first-order chi connectivity index (χ1) is 20.3. The van der Waals surface area contributed by atoms with Gasteiger partial charge in [0, 0.05) is 45.1 Å². The van der Waals surface area contributed by atoms with Gasteiger partial charge in [-0.25, -0.2) is 0 Å². The van der Waals surface area contributed by atoms with E-state index < -0.39 is 0 Å². The summed E-state index contributed by atoms with van der Waals surface area (Å²) in [7, 11) is 1.94. The van der Waals surface area contributed by atoms with E-state index in [1.807, 2.05) is 66.5 Å². The van der Waals surface area contributed by atoms with Crippen molar-refractivity contribution in [2.75, 3.05) is 39.8 Å². The van der Waals surface area contributed by atoms with Gasteiger partial charge in [-0.05, 0) is 68.5 Å². The third-order valence-corrected chi connectivity index (χ3v) is 10.2. The molecular formula is C35H41Cl2N3O2. The van der Waals surface area contributed by atoms with Crippen LogP contribution in [0.3, 0.4) is 0 Å². The number of halogens is 2. The molecule has 3 aromatic rings. The highest BCUT2D eigenvalue weighted by Gasteiger charge is 2.41. The number of benzene rings is 3. The number of likely N-dealkylation sites (tertiary alicyclic amines) is 2. The van der Waals surface area contributed by atoms with E-state index in [9.17, 15) is 9.59 Å². The predicted molar refractivity (Wildman–Crippen MR) is 171 cm³/mol. The summed E-state index contributed by atoms with van der Waals surface area (Å²) in [5, 5.41) is 1.07. The number of carbonyl (C=O) groups is 2. The summed E-state index contributed by atoms with van der Waals surface area (Å²) in [5.41, 5.74) is 2.77. The van der Waals surface area contributed by atoms with E-state index in [0.29, 0.717) is 10.0 Å². The SMILES string of the molecule is CC(=O)N(C)C1(c2ccccc2)CCN(CCCN2CCCC(c3ccc(Cl)c(Cl)c3)C2C(=O)c2ccccc2)CC1. The summed E-state index contributed by atoms with van der Waals surface area (Å²) in [5.74, 6) is 0.331. The lowest BCUT2D eigenvalue weighted by molar-refractivity contribution is -0.136. The third-order valence-electron chi connectivity index (χ3n) is 9.46. The Kier molecular flexibility index (Phi) is 10.1. The molecule has 2 heterocycles. The molecule has 2 fully saturated rings. The number of rotatable bonds is 9. The van der Waals surface area contributed by atoms with E-state index in [1.54, 1.807) is 6.92 Å². The summed E-state index contributed by atoms with van der Waals surface area (Å²) >= 11 is 12.7. The predicted octanol–water partition coefficient (Wildman–Crippen LogP) is 7.28. The highest BCUT2D eigenvalue weighted by molar-refractivity contribution is 6.42. The van der Waals surface area contributed by atoms with Crippen molar-refractivity contribution < 1.29 is 9.59 Å². The second-order valence-electron chi connectivity index (χ2n) is 11.8. The quantitative estimate of drug-likeness (QED) is 0.240. The molecule has 0 radical (unpaired) electrons. The fraction of sp³-hybridized carbons (Fsp3) is 0.429. The van der Waals surface area contributed by atoms with E-state index in [-0.39, 0.29) is 29.2 Å². The van der Waals surface area contributed by atoms with Crippen LogP contribution in [0.2, 0.25) is 10.0 Å². The molecule has 5 nitrogen and oxygen atoms in total. The van der Waals surface area contributed by atoms with Crippen LogP contribution in [0.5, 0.6) is 0 Å². The largest absolute Gasteiger partial charge is 0.336 e. The maximum Gasteiger partial charge on any atom is 0.219 e. The molecular weight excluding hydrogens is 565 g/mol. The lowest BCUT2D eigenvalue weighted by Gasteiger charge is -2.48. The van der Waals surface area contributed by atoms with Gasteiger partial charge in [-0.3, -0.25) is 14.5 Å². The van der Waals surface area contributed by atoms with Crippen LogP contribution in [0.1, 0.15) is 66.4 Å². The van der Waals surface area contributed by atoms with Crippen molar-refractivity contribution in [1.29, 1.82) is 0 Å². The first-order valence-corrected chi connectivity index (χ1v) is 15.9. The lowest BCUT2D eigenvalue weighted by atomic mass is 9.79. The van der Waals surface area contributed by atoms with Crippen molar-refractivity contribution in [3.63, 3.8) is 0 Å². The Morgan fingerprint density at radius 3 is 2.19 bits per heavy atom. The standard InChI is InChI=1S/C35H41Cl2N3O2/c1-26(41)38(2)35(29-13-7-4-8-14-29)18-23-39(24-19-35)20-10-22-40-21-9-15-30(28-16-17-31(36)32(37)25-28)33(40)34(42)27-11-5-3-6-12-27/h3-8,11-14,16-17,25,30,33H,9-10,15,18-24H2,1-2H3. The number of nitrogens with zero attached hydrogens (tertiary/aromatic N) is 3. The lowest BCUT2D eigenvalue weighted by Crippen LogP contribution is -2.53. The number of Topliss-reactive ketones (excluding diaryl/α,β-unsaturated/α-hetero) is 1. The molecule has 2 saturated heterocycles. The maximum atomic E-state index is 14.0. The van der Waals surface area contributed by atoms with Gasteiger partial charge in [-0.2, -0.15) is 0 Å². The Labute approximate surface area is 260 Å². The smallest absolute Gasteiger partial charge is 0.219 e. The molecule has 2 unspecified atom stereocenters. The van der Waals surface area contributed by atoms with Crippen LogP contribution < -0.4 is 0 Å². The first kappa shape index (κ1) is 30.7. The molecule has 3 aromatic carbocycles. The van der Waals surface area contributed by atoms with Crippen molar-refractivity contribution in [3.8, 4) is 0 Å². The van der Waals surface area contributed by atoms with E-state index in [2.05, 4.69) is 34.1 Å². The Morgan fingerprint density at radius 2 is 1.55 bits per heavy atom. The van der Waals surface area contributed by atoms with Gasteiger partial charge >= 0.3 is 0 Å². The minimum absolute atomic E-state index is 0.0600. The average Bonchev–Trinajstić information content (AvgIpc) is 3.03. The molecule has 2 aliphatic heterocycles. The van der Waals surface area contributed by atoms with E-state index in [1.165, 1.54) is 5.56 Å². The fourth-order valence-corrected chi connectivity index (χ4v) is 7.35. The van der Waals surface area contributed by atoms with Gasteiger partial charge in [-0.15, -0.1) is 0 Å². The zero-order valence-electron chi connectivity index (χ0n) is 24.6. The highest BCUT2D eigenvalue weighted by Crippen LogP contribution is 2.39. The molecule has 0 spiro atoms. The molecule has 222 valence electrons. The average molecular weight is 607 g/mol. The molecule has 0 saturated carbocycles. The van der Waals surface area contributed by atoms with Crippen LogP contribution in [0.4, 0.5) is 0 Å². The van der Waals surface area contributed by atoms with Gasteiger partial charge in [0.25, 0.3) is 0 Å². The Bertz CT molecular complexity index is 1360.